The Balaban J connectivity index is 0.00000316. The van der Waals surface area contributed by atoms with E-state index in [9.17, 15) is 17.7 Å². The van der Waals surface area contributed by atoms with E-state index in [-0.39, 0.29) is 23.0 Å². The summed E-state index contributed by atoms with van der Waals surface area (Å²) in [6, 6.07) is 12.2. The molecule has 1 unspecified atom stereocenters. The van der Waals surface area contributed by atoms with Gasteiger partial charge in [0.25, 0.3) is 0 Å². The van der Waals surface area contributed by atoms with Crippen LogP contribution in [0.2, 0.25) is 0 Å². The van der Waals surface area contributed by atoms with Crippen molar-refractivity contribution in [3.8, 4) is 5.75 Å². The van der Waals surface area contributed by atoms with Crippen LogP contribution in [-0.4, -0.2) is 46.6 Å². The number of hydrogen-bond acceptors (Lipinski definition) is 7. The minimum absolute atomic E-state index is 0.125. The van der Waals surface area contributed by atoms with Crippen LogP contribution < -0.4 is 10.5 Å². The van der Waals surface area contributed by atoms with Crippen LogP contribution in [0, 0.1) is 0 Å². The third-order valence-corrected chi connectivity index (χ3v) is 5.47. The second-order valence-electron chi connectivity index (χ2n) is 6.97. The van der Waals surface area contributed by atoms with Crippen LogP contribution >= 0.6 is 19.6 Å². The van der Waals surface area contributed by atoms with Crippen molar-refractivity contribution >= 4 is 30.8 Å². The second kappa shape index (κ2) is 15.8. The second-order valence-corrected chi connectivity index (χ2v) is 9.00. The maximum absolute atomic E-state index is 13.7. The Bertz CT molecular complexity index is 1030. The number of halogens is 3. The molecule has 0 saturated carbocycles. The predicted octanol–water partition coefficient (Wildman–Crippen LogP) is 5.28. The molecule has 0 aliphatic heterocycles. The van der Waals surface area contributed by atoms with Crippen LogP contribution in [0.25, 0.3) is 0 Å². The van der Waals surface area contributed by atoms with Crippen LogP contribution in [0.3, 0.4) is 0 Å². The molecule has 0 aromatic heterocycles. The lowest BCUT2D eigenvalue weighted by molar-refractivity contribution is -0.139. The summed E-state index contributed by atoms with van der Waals surface area (Å²) in [5.74, 6) is -0.273. The lowest BCUT2D eigenvalue weighted by Gasteiger charge is -2.15. The van der Waals surface area contributed by atoms with Crippen molar-refractivity contribution < 1.29 is 36.8 Å². The fraction of sp³-hybridized carbons (Fsp3) is 0.391. The smallest absolute Gasteiger partial charge is 0.469 e. The fourth-order valence-corrected chi connectivity index (χ4v) is 3.59. The lowest BCUT2D eigenvalue weighted by Crippen LogP contribution is -2.27. The predicted molar refractivity (Wildman–Crippen MR) is 138 cm³/mol. The third-order valence-electron chi connectivity index (χ3n) is 4.28. The Morgan fingerprint density at radius 2 is 1.86 bits per heavy atom. The minimum Gasteiger partial charge on any atom is -0.493 e. The molecule has 4 N–H and O–H groups in total. The number of hydrogen-bond donors (Lipinski definition) is 3. The number of phosphoric ester groups is 1. The number of alkyl halides is 3. The highest BCUT2D eigenvalue weighted by molar-refractivity contribution is 8.13. The van der Waals surface area contributed by atoms with Crippen molar-refractivity contribution in [2.45, 2.75) is 38.9 Å². The quantitative estimate of drug-likeness (QED) is 0.115. The number of benzene rings is 2. The monoisotopic (exact) mass is 549 g/mol. The number of rotatable bonds is 11. The van der Waals surface area contributed by atoms with Gasteiger partial charge in [-0.15, -0.1) is 16.9 Å². The van der Waals surface area contributed by atoms with Crippen LogP contribution in [0.4, 0.5) is 13.2 Å². The molecular weight excluding hydrogens is 518 g/mol. The summed E-state index contributed by atoms with van der Waals surface area (Å²) in [5, 5.41) is 7.75. The van der Waals surface area contributed by atoms with Gasteiger partial charge in [-0.2, -0.15) is 18.3 Å². The molecule has 13 heteroatoms. The molecule has 0 amide bonds. The first kappa shape index (κ1) is 31.8. The molecule has 0 heterocycles. The summed E-state index contributed by atoms with van der Waals surface area (Å²) in [6.45, 7) is 3.62. The van der Waals surface area contributed by atoms with E-state index >= 15 is 0 Å². The SMILES string of the molecule is CC.CS/C(=N\N=C\C(N)COP(=O)(O)O)c1ccc(OCCCc2ccccc2)c(C(F)(F)F)c1. The van der Waals surface area contributed by atoms with Crippen molar-refractivity contribution in [3.05, 3.63) is 65.2 Å². The van der Waals surface area contributed by atoms with E-state index in [1.807, 2.05) is 44.2 Å². The average Bonchev–Trinajstić information content (AvgIpc) is 2.84. The van der Waals surface area contributed by atoms with Gasteiger partial charge in [-0.1, -0.05) is 44.2 Å². The summed E-state index contributed by atoms with van der Waals surface area (Å²) in [7, 11) is -4.68. The Labute approximate surface area is 213 Å². The molecule has 200 valence electrons. The molecule has 0 radical (unpaired) electrons. The maximum Gasteiger partial charge on any atom is 0.469 e. The highest BCUT2D eigenvalue weighted by Gasteiger charge is 2.35. The van der Waals surface area contributed by atoms with E-state index in [1.54, 1.807) is 6.26 Å². The van der Waals surface area contributed by atoms with Gasteiger partial charge in [0, 0.05) is 11.8 Å². The summed E-state index contributed by atoms with van der Waals surface area (Å²) in [6.07, 6.45) is -0.711. The molecule has 0 saturated heterocycles. The van der Waals surface area contributed by atoms with Crippen LogP contribution in [-0.2, 0) is 21.7 Å². The fourth-order valence-electron chi connectivity index (χ4n) is 2.73. The van der Waals surface area contributed by atoms with Gasteiger partial charge in [-0.05, 0) is 42.9 Å². The molecule has 0 aliphatic rings. The van der Waals surface area contributed by atoms with E-state index in [0.717, 1.165) is 29.6 Å². The molecule has 8 nitrogen and oxygen atoms in total. The van der Waals surface area contributed by atoms with Crippen molar-refractivity contribution in [1.29, 1.82) is 0 Å². The number of phosphoric acid groups is 1. The number of aryl methyl sites for hydroxylation is 1. The Hall–Kier alpha value is -2.21. The van der Waals surface area contributed by atoms with Crippen LogP contribution in [0.1, 0.15) is 37.0 Å². The van der Waals surface area contributed by atoms with Crippen LogP contribution in [0.15, 0.2) is 58.7 Å². The van der Waals surface area contributed by atoms with E-state index < -0.39 is 32.2 Å². The zero-order chi connectivity index (χ0) is 27.2. The van der Waals surface area contributed by atoms with Crippen molar-refractivity contribution in [1.82, 2.24) is 0 Å². The van der Waals surface area contributed by atoms with Crippen LogP contribution in [0.5, 0.6) is 5.75 Å². The van der Waals surface area contributed by atoms with Gasteiger partial charge in [0.2, 0.25) is 0 Å². The average molecular weight is 550 g/mol. The molecule has 2 aromatic rings. The van der Waals surface area contributed by atoms with E-state index in [4.69, 9.17) is 20.3 Å². The molecule has 1 atom stereocenters. The summed E-state index contributed by atoms with van der Waals surface area (Å²) >= 11 is 1.07. The van der Waals surface area contributed by atoms with Crippen molar-refractivity contribution in [2.24, 2.45) is 15.9 Å². The molecule has 0 aliphatic carbocycles. The molecule has 2 aromatic carbocycles. The first-order valence-corrected chi connectivity index (χ1v) is 13.7. The van der Waals surface area contributed by atoms with E-state index in [2.05, 4.69) is 14.7 Å². The number of ether oxygens (including phenoxy) is 1. The van der Waals surface area contributed by atoms with Gasteiger partial charge >= 0.3 is 14.0 Å². The maximum atomic E-state index is 13.7. The summed E-state index contributed by atoms with van der Waals surface area (Å²) < 4.78 is 61.3. The van der Waals surface area contributed by atoms with Crippen molar-refractivity contribution in [2.75, 3.05) is 19.5 Å². The minimum atomic E-state index is -4.68. The molecule has 0 bridgehead atoms. The summed E-state index contributed by atoms with van der Waals surface area (Å²) in [5.41, 5.74) is 5.91. The van der Waals surface area contributed by atoms with Gasteiger partial charge in [-0.25, -0.2) is 4.57 Å². The standard InChI is InChI=1S/C21H25F3N3O5PS.C2H6/c1-34-20(27-26-13-17(25)14-32-33(28,29)30)16-9-10-19(18(12-16)21(22,23)24)31-11-5-8-15-6-3-2-4-7-15;1-2/h2-4,6-7,9-10,12-13,17H,5,8,11,14,25H2,1H3,(H2,28,29,30);1-2H3/b26-13+,27-20-;. The third kappa shape index (κ3) is 12.2. The molecular formula is C23H31F3N3O5PS. The number of nitrogens with zero attached hydrogens (tertiary/aromatic N) is 2. The van der Waals surface area contributed by atoms with Crippen molar-refractivity contribution in [3.63, 3.8) is 0 Å². The molecule has 0 fully saturated rings. The summed E-state index contributed by atoms with van der Waals surface area (Å²) in [4.78, 5) is 17.3. The zero-order valence-electron chi connectivity index (χ0n) is 20.2. The van der Waals surface area contributed by atoms with Gasteiger partial charge in [-0.3, -0.25) is 4.52 Å². The molecule has 2 rings (SSSR count). The lowest BCUT2D eigenvalue weighted by atomic mass is 10.1. The zero-order valence-corrected chi connectivity index (χ0v) is 21.9. The van der Waals surface area contributed by atoms with Gasteiger partial charge in [0.15, 0.2) is 0 Å². The normalized spacial score (nSPS) is 13.3. The largest absolute Gasteiger partial charge is 0.493 e. The van der Waals surface area contributed by atoms with Gasteiger partial charge in [0.1, 0.15) is 10.8 Å². The first-order valence-electron chi connectivity index (χ1n) is 11.0. The first-order chi connectivity index (χ1) is 17.0. The Morgan fingerprint density at radius 3 is 2.44 bits per heavy atom. The Kier molecular flexibility index (Phi) is 14.0. The number of nitrogens with two attached hydrogens (primary N) is 1. The van der Waals surface area contributed by atoms with E-state index in [0.29, 0.717) is 12.8 Å². The van der Waals surface area contributed by atoms with Gasteiger partial charge in [0.05, 0.1) is 24.8 Å². The Morgan fingerprint density at radius 1 is 1.19 bits per heavy atom. The molecule has 36 heavy (non-hydrogen) atoms. The topological polar surface area (TPSA) is 127 Å². The highest BCUT2D eigenvalue weighted by atomic mass is 32.2. The van der Waals surface area contributed by atoms with E-state index in [1.165, 1.54) is 12.1 Å². The molecule has 0 spiro atoms. The van der Waals surface area contributed by atoms with Gasteiger partial charge < -0.3 is 20.3 Å². The number of thioether (sulfide) groups is 1. The highest BCUT2D eigenvalue weighted by Crippen LogP contribution is 2.37.